The summed E-state index contributed by atoms with van der Waals surface area (Å²) in [7, 11) is 2.18. The lowest BCUT2D eigenvalue weighted by Crippen LogP contribution is -2.35. The lowest BCUT2D eigenvalue weighted by Gasteiger charge is -2.42. The summed E-state index contributed by atoms with van der Waals surface area (Å²) in [6.45, 7) is 11.9. The van der Waals surface area contributed by atoms with Crippen molar-refractivity contribution < 1.29 is 4.57 Å². The maximum atomic E-state index is 2.40. The normalized spacial score (nSPS) is 16.1. The summed E-state index contributed by atoms with van der Waals surface area (Å²) >= 11 is 2.01. The highest BCUT2D eigenvalue weighted by Gasteiger charge is 2.44. The van der Waals surface area contributed by atoms with Gasteiger partial charge in [0.15, 0.2) is 6.20 Å². The molecule has 2 heterocycles. The third-order valence-corrected chi connectivity index (χ3v) is 9.34. The van der Waals surface area contributed by atoms with Gasteiger partial charge in [-0.2, -0.15) is 0 Å². The van der Waals surface area contributed by atoms with E-state index in [2.05, 4.69) is 119 Å². The lowest BCUT2D eigenvalue weighted by molar-refractivity contribution is -0.659. The van der Waals surface area contributed by atoms with Gasteiger partial charge in [-0.25, -0.2) is 4.57 Å². The van der Waals surface area contributed by atoms with Crippen molar-refractivity contribution in [3.8, 4) is 11.3 Å². The van der Waals surface area contributed by atoms with Gasteiger partial charge in [-0.15, -0.1) is 11.3 Å². The van der Waals surface area contributed by atoms with E-state index in [0.29, 0.717) is 0 Å². The first-order chi connectivity index (χ1) is 15.7. The Morgan fingerprint density at radius 2 is 1.39 bits per heavy atom. The van der Waals surface area contributed by atoms with Crippen molar-refractivity contribution in [3.05, 3.63) is 100 Å². The average Bonchev–Trinajstić information content (AvgIpc) is 3.20. The van der Waals surface area contributed by atoms with Gasteiger partial charge in [0.2, 0.25) is 5.69 Å². The molecule has 0 saturated heterocycles. The Morgan fingerprint density at radius 1 is 0.758 bits per heavy atom. The van der Waals surface area contributed by atoms with E-state index in [4.69, 9.17) is 0 Å². The van der Waals surface area contributed by atoms with Crippen LogP contribution in [0.5, 0.6) is 0 Å². The van der Waals surface area contributed by atoms with Gasteiger partial charge in [0, 0.05) is 31.9 Å². The molecule has 0 amide bonds. The van der Waals surface area contributed by atoms with Crippen molar-refractivity contribution in [2.45, 2.75) is 45.4 Å². The second kappa shape index (κ2) is 6.77. The van der Waals surface area contributed by atoms with Gasteiger partial charge in [0.25, 0.3) is 0 Å². The van der Waals surface area contributed by atoms with Gasteiger partial charge >= 0.3 is 0 Å². The second-order valence-electron chi connectivity index (χ2n) is 10.6. The minimum atomic E-state index is -0.0300. The van der Waals surface area contributed by atoms with E-state index >= 15 is 0 Å². The molecule has 1 aliphatic carbocycles. The SMILES string of the molecule is Cc1ccc2c3c(sc2c1-c1cc2ccccc2c[n+]1C)C(C)(C)c1ccccc1C3(C)C. The fourth-order valence-electron chi connectivity index (χ4n) is 6.00. The zero-order chi connectivity index (χ0) is 23.1. The van der Waals surface area contributed by atoms with Crippen LogP contribution in [0.4, 0.5) is 0 Å². The number of benzene rings is 3. The highest BCUT2D eigenvalue weighted by atomic mass is 32.1. The van der Waals surface area contributed by atoms with Crippen LogP contribution in [0.2, 0.25) is 0 Å². The molecule has 1 nitrogen and oxygen atoms in total. The Kier molecular flexibility index (Phi) is 4.23. The average molecular weight is 449 g/mol. The van der Waals surface area contributed by atoms with Crippen molar-refractivity contribution in [2.24, 2.45) is 7.05 Å². The van der Waals surface area contributed by atoms with Crippen LogP contribution in [0, 0.1) is 6.92 Å². The van der Waals surface area contributed by atoms with Crippen LogP contribution in [-0.2, 0) is 17.9 Å². The molecule has 0 unspecified atom stereocenters. The zero-order valence-corrected chi connectivity index (χ0v) is 21.1. The minimum absolute atomic E-state index is 0.0120. The third kappa shape index (κ3) is 2.74. The van der Waals surface area contributed by atoms with Crippen molar-refractivity contribution >= 4 is 32.2 Å². The first-order valence-corrected chi connectivity index (χ1v) is 12.6. The number of hydrogen-bond acceptors (Lipinski definition) is 1. The molecule has 0 aliphatic heterocycles. The Labute approximate surface area is 200 Å². The van der Waals surface area contributed by atoms with E-state index < -0.39 is 0 Å². The molecule has 33 heavy (non-hydrogen) atoms. The van der Waals surface area contributed by atoms with E-state index in [-0.39, 0.29) is 10.8 Å². The first kappa shape index (κ1) is 20.6. The van der Waals surface area contributed by atoms with Crippen LogP contribution >= 0.6 is 11.3 Å². The van der Waals surface area contributed by atoms with Crippen molar-refractivity contribution in [1.82, 2.24) is 0 Å². The summed E-state index contributed by atoms with van der Waals surface area (Å²) in [5.74, 6) is 0. The third-order valence-electron chi connectivity index (χ3n) is 7.79. The predicted octanol–water partition coefficient (Wildman–Crippen LogP) is 7.82. The molecular formula is C31H30NS+. The number of hydrogen-bond donors (Lipinski definition) is 0. The molecule has 1 aliphatic rings. The van der Waals surface area contributed by atoms with Gasteiger partial charge in [0.05, 0.1) is 5.56 Å². The topological polar surface area (TPSA) is 3.88 Å². The molecule has 0 atom stereocenters. The molecular weight excluding hydrogens is 418 g/mol. The largest absolute Gasteiger partial charge is 0.214 e. The Morgan fingerprint density at radius 3 is 2.12 bits per heavy atom. The molecule has 0 spiro atoms. The highest BCUT2D eigenvalue weighted by Crippen LogP contribution is 2.56. The number of fused-ring (bicyclic) bond motifs is 5. The van der Waals surface area contributed by atoms with Gasteiger partial charge in [0.1, 0.15) is 7.05 Å². The molecule has 0 bridgehead atoms. The van der Waals surface area contributed by atoms with E-state index in [9.17, 15) is 0 Å². The number of aromatic nitrogens is 1. The summed E-state index contributed by atoms with van der Waals surface area (Å²) in [5, 5.41) is 3.98. The van der Waals surface area contributed by atoms with Crippen LogP contribution in [0.15, 0.2) is 72.9 Å². The van der Waals surface area contributed by atoms with Gasteiger partial charge in [-0.1, -0.05) is 82.3 Å². The fraction of sp³-hybridized carbons (Fsp3) is 0.258. The lowest BCUT2D eigenvalue weighted by atomic mass is 9.62. The maximum Gasteiger partial charge on any atom is 0.214 e. The molecule has 0 radical (unpaired) electrons. The Bertz CT molecular complexity index is 1580. The summed E-state index contributed by atoms with van der Waals surface area (Å²) in [4.78, 5) is 1.51. The van der Waals surface area contributed by atoms with Gasteiger partial charge < -0.3 is 0 Å². The van der Waals surface area contributed by atoms with Crippen LogP contribution in [0.1, 0.15) is 54.8 Å². The standard InChI is InChI=1S/C31H30NS/c1-19-15-16-22-27-29(31(4,5)24-14-10-9-13-23(24)30(27,2)3)33-28(22)26(19)25-17-20-11-7-8-12-21(20)18-32(25)6/h7-18H,1-6H3/q+1. The highest BCUT2D eigenvalue weighted by molar-refractivity contribution is 7.20. The van der Waals surface area contributed by atoms with Crippen LogP contribution < -0.4 is 4.57 Å². The minimum Gasteiger partial charge on any atom is -0.200 e. The number of thiophene rings is 1. The van der Waals surface area contributed by atoms with Crippen molar-refractivity contribution in [2.75, 3.05) is 0 Å². The summed E-state index contributed by atoms with van der Waals surface area (Å²) in [6, 6.07) is 24.8. The molecule has 3 aromatic carbocycles. The monoisotopic (exact) mass is 448 g/mol. The quantitative estimate of drug-likeness (QED) is 0.230. The predicted molar refractivity (Wildman–Crippen MR) is 141 cm³/mol. The molecule has 2 aromatic heterocycles. The summed E-state index contributed by atoms with van der Waals surface area (Å²) < 4.78 is 3.72. The van der Waals surface area contributed by atoms with Crippen LogP contribution in [0.3, 0.4) is 0 Å². The molecule has 0 N–H and O–H groups in total. The number of pyridine rings is 1. The number of rotatable bonds is 1. The fourth-order valence-corrected chi connectivity index (χ4v) is 7.69. The Hall–Kier alpha value is -2.97. The Balaban J connectivity index is 1.72. The molecule has 164 valence electrons. The zero-order valence-electron chi connectivity index (χ0n) is 20.3. The molecule has 5 aromatic rings. The second-order valence-corrected chi connectivity index (χ2v) is 11.7. The molecule has 6 rings (SSSR count). The summed E-state index contributed by atoms with van der Waals surface area (Å²) in [6.07, 6.45) is 2.26. The first-order valence-electron chi connectivity index (χ1n) is 11.8. The van der Waals surface area contributed by atoms with E-state index in [0.717, 1.165) is 0 Å². The van der Waals surface area contributed by atoms with E-state index in [1.54, 1.807) is 0 Å². The van der Waals surface area contributed by atoms with Gasteiger partial charge in [-0.05, 0) is 46.0 Å². The van der Waals surface area contributed by atoms with Crippen LogP contribution in [0.25, 0.3) is 32.1 Å². The van der Waals surface area contributed by atoms with Crippen molar-refractivity contribution in [1.29, 1.82) is 0 Å². The van der Waals surface area contributed by atoms with Crippen LogP contribution in [-0.4, -0.2) is 0 Å². The van der Waals surface area contributed by atoms with Gasteiger partial charge in [-0.3, -0.25) is 0 Å². The van der Waals surface area contributed by atoms with E-state index in [1.165, 1.54) is 59.2 Å². The molecule has 0 saturated carbocycles. The smallest absolute Gasteiger partial charge is 0.200 e. The summed E-state index contributed by atoms with van der Waals surface area (Å²) in [5.41, 5.74) is 8.37. The van der Waals surface area contributed by atoms with E-state index in [1.807, 2.05) is 11.3 Å². The number of aryl methyl sites for hydroxylation is 2. The molecule has 2 heteroatoms. The van der Waals surface area contributed by atoms with Crippen molar-refractivity contribution in [3.63, 3.8) is 0 Å². The molecule has 0 fully saturated rings. The number of nitrogens with zero attached hydrogens (tertiary/aromatic N) is 1. The maximum absolute atomic E-state index is 2.40.